The quantitative estimate of drug-likeness (QED) is 0.538. The van der Waals surface area contributed by atoms with E-state index in [0.29, 0.717) is 20.3 Å². The van der Waals surface area contributed by atoms with Crippen molar-refractivity contribution in [2.75, 3.05) is 21.5 Å². The summed E-state index contributed by atoms with van der Waals surface area (Å²) in [5.74, 6) is -0.399. The standard InChI is InChI=1S/C16H16Br2N2O5S2/c17-10-1-6-13(18)16(7-10)27(24,25)20-12-4-2-11(3-5-12)19-14-8-26(22,23)9-15(14)21/h1-7,14-15,19-21H,8-9H2/t14-,15+/m1/s1. The molecular weight excluding hydrogens is 524 g/mol. The molecule has 2 aromatic carbocycles. The number of hydrogen-bond acceptors (Lipinski definition) is 6. The summed E-state index contributed by atoms with van der Waals surface area (Å²) >= 11 is 6.49. The van der Waals surface area contributed by atoms with Gasteiger partial charge in [-0.05, 0) is 58.4 Å². The fraction of sp³-hybridized carbons (Fsp3) is 0.250. The van der Waals surface area contributed by atoms with Crippen molar-refractivity contribution in [3.8, 4) is 0 Å². The average molecular weight is 540 g/mol. The van der Waals surface area contributed by atoms with Crippen LogP contribution < -0.4 is 10.0 Å². The summed E-state index contributed by atoms with van der Waals surface area (Å²) in [4.78, 5) is 0.0957. The van der Waals surface area contributed by atoms with Crippen molar-refractivity contribution >= 4 is 63.1 Å². The molecule has 27 heavy (non-hydrogen) atoms. The van der Waals surface area contributed by atoms with E-state index in [4.69, 9.17) is 0 Å². The third kappa shape index (κ3) is 5.02. The number of rotatable bonds is 5. The smallest absolute Gasteiger partial charge is 0.263 e. The van der Waals surface area contributed by atoms with Crippen LogP contribution in [0.2, 0.25) is 0 Å². The number of sulfonamides is 1. The van der Waals surface area contributed by atoms with E-state index < -0.39 is 32.0 Å². The largest absolute Gasteiger partial charge is 0.390 e. The van der Waals surface area contributed by atoms with Gasteiger partial charge < -0.3 is 10.4 Å². The van der Waals surface area contributed by atoms with Gasteiger partial charge in [-0.25, -0.2) is 16.8 Å². The highest BCUT2D eigenvalue weighted by Crippen LogP contribution is 2.28. The van der Waals surface area contributed by atoms with Crippen LogP contribution in [0.3, 0.4) is 0 Å². The van der Waals surface area contributed by atoms with E-state index in [9.17, 15) is 21.9 Å². The third-order valence-corrected chi connectivity index (χ3v) is 8.58. The van der Waals surface area contributed by atoms with Crippen molar-refractivity contribution < 1.29 is 21.9 Å². The number of sulfone groups is 1. The van der Waals surface area contributed by atoms with Crippen molar-refractivity contribution in [2.45, 2.75) is 17.0 Å². The molecule has 0 unspecified atom stereocenters. The molecule has 146 valence electrons. The number of aliphatic hydroxyl groups excluding tert-OH is 1. The Morgan fingerprint density at radius 2 is 1.63 bits per heavy atom. The molecule has 1 aliphatic rings. The van der Waals surface area contributed by atoms with Crippen LogP contribution in [0.25, 0.3) is 0 Å². The van der Waals surface area contributed by atoms with Gasteiger partial charge in [0.05, 0.1) is 23.7 Å². The van der Waals surface area contributed by atoms with Crippen LogP contribution in [-0.2, 0) is 19.9 Å². The fourth-order valence-corrected chi connectivity index (χ4v) is 7.01. The Bertz CT molecular complexity index is 1060. The number of benzene rings is 2. The molecule has 1 aliphatic heterocycles. The molecule has 2 atom stereocenters. The summed E-state index contributed by atoms with van der Waals surface area (Å²) in [6, 6.07) is 10.6. The van der Waals surface area contributed by atoms with Crippen LogP contribution in [0, 0.1) is 0 Å². The molecular formula is C16H16Br2N2O5S2. The van der Waals surface area contributed by atoms with E-state index in [1.807, 2.05) is 0 Å². The number of halogens is 2. The zero-order chi connectivity index (χ0) is 19.8. The molecule has 0 saturated carbocycles. The summed E-state index contributed by atoms with van der Waals surface area (Å²) < 4.78 is 51.8. The fourth-order valence-electron chi connectivity index (χ4n) is 2.71. The number of nitrogens with one attached hydrogen (secondary N) is 2. The number of anilines is 2. The van der Waals surface area contributed by atoms with E-state index in [1.165, 1.54) is 6.07 Å². The second-order valence-corrected chi connectivity index (χ2v) is 11.7. The van der Waals surface area contributed by atoms with Gasteiger partial charge in [0.1, 0.15) is 4.90 Å². The van der Waals surface area contributed by atoms with E-state index in [0.717, 1.165) is 0 Å². The van der Waals surface area contributed by atoms with Gasteiger partial charge in [0.15, 0.2) is 9.84 Å². The van der Waals surface area contributed by atoms with Gasteiger partial charge in [-0.15, -0.1) is 0 Å². The highest BCUT2D eigenvalue weighted by molar-refractivity contribution is 9.11. The Morgan fingerprint density at radius 1 is 1.00 bits per heavy atom. The topological polar surface area (TPSA) is 113 Å². The minimum atomic E-state index is -3.79. The molecule has 0 aromatic heterocycles. The predicted octanol–water partition coefficient (Wildman–Crippen LogP) is 2.58. The maximum Gasteiger partial charge on any atom is 0.263 e. The predicted molar refractivity (Wildman–Crippen MR) is 111 cm³/mol. The lowest BCUT2D eigenvalue weighted by Crippen LogP contribution is -2.31. The first-order valence-electron chi connectivity index (χ1n) is 7.79. The lowest BCUT2D eigenvalue weighted by Gasteiger charge is -2.17. The van der Waals surface area contributed by atoms with Crippen LogP contribution >= 0.6 is 31.9 Å². The monoisotopic (exact) mass is 538 g/mol. The Labute approximate surface area is 174 Å². The summed E-state index contributed by atoms with van der Waals surface area (Å²) in [6.07, 6.45) is -0.970. The van der Waals surface area contributed by atoms with Gasteiger partial charge in [0.2, 0.25) is 0 Å². The third-order valence-electron chi connectivity index (χ3n) is 3.99. The molecule has 1 fully saturated rings. The molecule has 0 aliphatic carbocycles. The maximum absolute atomic E-state index is 12.6. The SMILES string of the molecule is O=S1(=O)C[C@H](O)[C@H](Nc2ccc(NS(=O)(=O)c3cc(Br)ccc3Br)cc2)C1. The van der Waals surface area contributed by atoms with Crippen LogP contribution in [0.4, 0.5) is 11.4 Å². The molecule has 11 heteroatoms. The van der Waals surface area contributed by atoms with Crippen molar-refractivity contribution in [3.63, 3.8) is 0 Å². The molecule has 0 radical (unpaired) electrons. The Hall–Kier alpha value is -1.14. The van der Waals surface area contributed by atoms with Crippen molar-refractivity contribution in [3.05, 3.63) is 51.4 Å². The Morgan fingerprint density at radius 3 is 2.22 bits per heavy atom. The Kier molecular flexibility index (Phi) is 5.88. The van der Waals surface area contributed by atoms with E-state index >= 15 is 0 Å². The lowest BCUT2D eigenvalue weighted by atomic mass is 10.2. The van der Waals surface area contributed by atoms with Crippen LogP contribution in [0.5, 0.6) is 0 Å². The minimum absolute atomic E-state index is 0.0957. The first-order valence-corrected chi connectivity index (χ1v) is 12.7. The molecule has 3 N–H and O–H groups in total. The molecule has 0 bridgehead atoms. The summed E-state index contributed by atoms with van der Waals surface area (Å²) in [7, 11) is -7.04. The second kappa shape index (κ2) is 7.70. The average Bonchev–Trinajstić information content (AvgIpc) is 2.83. The van der Waals surface area contributed by atoms with E-state index in [-0.39, 0.29) is 16.4 Å². The van der Waals surface area contributed by atoms with Crippen molar-refractivity contribution in [1.29, 1.82) is 0 Å². The van der Waals surface area contributed by atoms with Gasteiger partial charge >= 0.3 is 0 Å². The highest BCUT2D eigenvalue weighted by Gasteiger charge is 2.36. The first kappa shape index (κ1) is 20.6. The molecule has 1 heterocycles. The van der Waals surface area contributed by atoms with Gasteiger partial charge in [0, 0.05) is 20.3 Å². The first-order chi connectivity index (χ1) is 12.6. The number of aliphatic hydroxyl groups is 1. The van der Waals surface area contributed by atoms with Crippen LogP contribution in [-0.4, -0.2) is 45.6 Å². The van der Waals surface area contributed by atoms with Crippen molar-refractivity contribution in [2.24, 2.45) is 0 Å². The molecule has 7 nitrogen and oxygen atoms in total. The van der Waals surface area contributed by atoms with Gasteiger partial charge in [-0.2, -0.15) is 0 Å². The summed E-state index contributed by atoms with van der Waals surface area (Å²) in [5.41, 5.74) is 0.940. The van der Waals surface area contributed by atoms with E-state index in [2.05, 4.69) is 41.9 Å². The Balaban J connectivity index is 1.73. The van der Waals surface area contributed by atoms with Crippen LogP contribution in [0.1, 0.15) is 0 Å². The van der Waals surface area contributed by atoms with Gasteiger partial charge in [-0.1, -0.05) is 15.9 Å². The molecule has 2 aromatic rings. The molecule has 1 saturated heterocycles. The van der Waals surface area contributed by atoms with Gasteiger partial charge in [0.25, 0.3) is 10.0 Å². The summed E-state index contributed by atoms with van der Waals surface area (Å²) in [6.45, 7) is 0. The zero-order valence-corrected chi connectivity index (χ0v) is 18.6. The van der Waals surface area contributed by atoms with Crippen LogP contribution in [0.15, 0.2) is 56.3 Å². The second-order valence-electron chi connectivity index (χ2n) is 6.15. The van der Waals surface area contributed by atoms with E-state index in [1.54, 1.807) is 36.4 Å². The van der Waals surface area contributed by atoms with Gasteiger partial charge in [-0.3, -0.25) is 4.72 Å². The number of hydrogen-bond donors (Lipinski definition) is 3. The maximum atomic E-state index is 12.6. The normalized spacial score (nSPS) is 21.7. The zero-order valence-electron chi connectivity index (χ0n) is 13.8. The molecule has 0 amide bonds. The molecule has 0 spiro atoms. The highest BCUT2D eigenvalue weighted by atomic mass is 79.9. The summed E-state index contributed by atoms with van der Waals surface area (Å²) in [5, 5.41) is 12.8. The minimum Gasteiger partial charge on any atom is -0.390 e. The van der Waals surface area contributed by atoms with Crippen molar-refractivity contribution in [1.82, 2.24) is 0 Å². The molecule has 3 rings (SSSR count). The lowest BCUT2D eigenvalue weighted by molar-refractivity contribution is 0.190.